The van der Waals surface area contributed by atoms with Crippen molar-refractivity contribution in [3.63, 3.8) is 0 Å². The molecule has 0 atom stereocenters. The molecule has 0 saturated heterocycles. The molecule has 2 aliphatic rings. The van der Waals surface area contributed by atoms with Gasteiger partial charge in [-0.2, -0.15) is 5.10 Å². The molecule has 1 aliphatic carbocycles. The van der Waals surface area contributed by atoms with E-state index in [-0.39, 0.29) is 29.4 Å². The van der Waals surface area contributed by atoms with Crippen LogP contribution in [0.4, 0.5) is 0 Å². The fraction of sp³-hybridized carbons (Fsp3) is 0.550. The second-order valence-corrected chi connectivity index (χ2v) is 7.49. The highest BCUT2D eigenvalue weighted by atomic mass is 127. The minimum Gasteiger partial charge on any atom is -0.454 e. The number of rotatable bonds is 5. The van der Waals surface area contributed by atoms with E-state index >= 15 is 0 Å². The second-order valence-electron chi connectivity index (χ2n) is 7.49. The Morgan fingerprint density at radius 3 is 2.69 bits per heavy atom. The van der Waals surface area contributed by atoms with Crippen molar-refractivity contribution in [1.29, 1.82) is 0 Å². The fourth-order valence-electron chi connectivity index (χ4n) is 4.14. The van der Waals surface area contributed by atoms with Crippen LogP contribution in [0.2, 0.25) is 0 Å². The molecule has 0 bridgehead atoms. The molecule has 29 heavy (non-hydrogen) atoms. The van der Waals surface area contributed by atoms with E-state index in [1.54, 1.807) is 18.1 Å². The van der Waals surface area contributed by atoms with E-state index < -0.39 is 0 Å². The van der Waals surface area contributed by atoms with Crippen LogP contribution < -0.4 is 20.1 Å². The van der Waals surface area contributed by atoms with Crippen LogP contribution in [0, 0.1) is 0 Å². The summed E-state index contributed by atoms with van der Waals surface area (Å²) in [5, 5.41) is 11.0. The molecule has 1 saturated carbocycles. The predicted molar refractivity (Wildman–Crippen MR) is 122 cm³/mol. The number of nitrogens with one attached hydrogen (secondary N) is 2. The first-order chi connectivity index (χ1) is 13.7. The van der Waals surface area contributed by atoms with Crippen molar-refractivity contribution in [3.8, 4) is 11.5 Å². The molecular formula is C20H29IN6O2. The van der Waals surface area contributed by atoms with Gasteiger partial charge in [0.15, 0.2) is 17.5 Å². The summed E-state index contributed by atoms with van der Waals surface area (Å²) in [5.41, 5.74) is 1.38. The molecule has 9 heteroatoms. The van der Waals surface area contributed by atoms with E-state index in [9.17, 15) is 0 Å². The number of ether oxygens (including phenoxy) is 2. The van der Waals surface area contributed by atoms with E-state index in [0.29, 0.717) is 13.3 Å². The van der Waals surface area contributed by atoms with Crippen molar-refractivity contribution in [1.82, 2.24) is 25.4 Å². The number of aryl methyl sites for hydroxylation is 1. The highest BCUT2D eigenvalue weighted by Crippen LogP contribution is 2.43. The van der Waals surface area contributed by atoms with Crippen molar-refractivity contribution in [2.75, 3.05) is 20.4 Å². The lowest BCUT2D eigenvalue weighted by Gasteiger charge is -2.38. The minimum atomic E-state index is 0. The molecule has 8 nitrogen and oxygen atoms in total. The Morgan fingerprint density at radius 2 is 1.97 bits per heavy atom. The van der Waals surface area contributed by atoms with Crippen molar-refractivity contribution >= 4 is 29.9 Å². The van der Waals surface area contributed by atoms with Crippen molar-refractivity contribution < 1.29 is 9.47 Å². The molecule has 2 N–H and O–H groups in total. The van der Waals surface area contributed by atoms with Gasteiger partial charge in [-0.15, -0.1) is 24.0 Å². The molecule has 0 spiro atoms. The summed E-state index contributed by atoms with van der Waals surface area (Å²) in [5.74, 6) is 3.33. The van der Waals surface area contributed by atoms with Crippen molar-refractivity contribution in [2.45, 2.75) is 44.1 Å². The molecule has 1 aromatic carbocycles. The second kappa shape index (κ2) is 9.64. The first-order valence-electron chi connectivity index (χ1n) is 9.88. The maximum atomic E-state index is 5.62. The van der Waals surface area contributed by atoms with Gasteiger partial charge < -0.3 is 20.1 Å². The molecule has 158 valence electrons. The minimum absolute atomic E-state index is 0. The monoisotopic (exact) mass is 512 g/mol. The fourth-order valence-corrected chi connectivity index (χ4v) is 4.14. The van der Waals surface area contributed by atoms with E-state index in [1.165, 1.54) is 24.8 Å². The van der Waals surface area contributed by atoms with Gasteiger partial charge >= 0.3 is 0 Å². The summed E-state index contributed by atoms with van der Waals surface area (Å²) < 4.78 is 12.9. The summed E-state index contributed by atoms with van der Waals surface area (Å²) in [6.07, 6.45) is 7.64. The average Bonchev–Trinajstić information content (AvgIpc) is 3.37. The van der Waals surface area contributed by atoms with E-state index in [2.05, 4.69) is 37.8 Å². The lowest BCUT2D eigenvalue weighted by Crippen LogP contribution is -2.46. The number of fused-ring (bicyclic) bond motifs is 1. The Labute approximate surface area is 188 Å². The Bertz CT molecular complexity index is 847. The number of nitrogens with zero attached hydrogens (tertiary/aromatic N) is 4. The van der Waals surface area contributed by atoms with Gasteiger partial charge in [0.2, 0.25) is 6.79 Å². The van der Waals surface area contributed by atoms with Gasteiger partial charge in [0.25, 0.3) is 0 Å². The van der Waals surface area contributed by atoms with Crippen LogP contribution in [0.1, 0.15) is 43.5 Å². The quantitative estimate of drug-likeness (QED) is 0.364. The van der Waals surface area contributed by atoms with Gasteiger partial charge in [-0.25, -0.2) is 4.98 Å². The zero-order valence-electron chi connectivity index (χ0n) is 17.0. The Kier molecular flexibility index (Phi) is 7.20. The number of aliphatic imine (C=N–C) groups is 1. The van der Waals surface area contributed by atoms with Crippen LogP contribution >= 0.6 is 24.0 Å². The summed E-state index contributed by atoms with van der Waals surface area (Å²) in [4.78, 5) is 8.62. The number of hydrogen-bond donors (Lipinski definition) is 2. The summed E-state index contributed by atoms with van der Waals surface area (Å²) in [7, 11) is 3.68. The van der Waals surface area contributed by atoms with Gasteiger partial charge in [-0.1, -0.05) is 25.3 Å². The van der Waals surface area contributed by atoms with Crippen LogP contribution in [0.3, 0.4) is 0 Å². The van der Waals surface area contributed by atoms with E-state index in [0.717, 1.165) is 42.7 Å². The smallest absolute Gasteiger partial charge is 0.231 e. The van der Waals surface area contributed by atoms with Crippen LogP contribution in [-0.4, -0.2) is 41.1 Å². The summed E-state index contributed by atoms with van der Waals surface area (Å²) >= 11 is 0. The highest BCUT2D eigenvalue weighted by Gasteiger charge is 2.35. The SMILES string of the molecule is CN=C(NCc1ncnn1C)NCC1(c2ccc3c(c2)OCO3)CCCCC1.I. The topological polar surface area (TPSA) is 85.6 Å². The third kappa shape index (κ3) is 4.76. The first-order valence-corrected chi connectivity index (χ1v) is 9.88. The molecule has 2 heterocycles. The first kappa shape index (κ1) is 21.7. The Balaban J connectivity index is 0.00000240. The highest BCUT2D eigenvalue weighted by molar-refractivity contribution is 14.0. The largest absolute Gasteiger partial charge is 0.454 e. The number of guanidine groups is 1. The zero-order valence-corrected chi connectivity index (χ0v) is 19.3. The molecule has 0 radical (unpaired) electrons. The van der Waals surface area contributed by atoms with E-state index in [4.69, 9.17) is 9.47 Å². The number of halogens is 1. The van der Waals surface area contributed by atoms with Gasteiger partial charge in [-0.3, -0.25) is 9.67 Å². The predicted octanol–water partition coefficient (Wildman–Crippen LogP) is 2.73. The molecular weight excluding hydrogens is 483 g/mol. The average molecular weight is 512 g/mol. The normalized spacial score (nSPS) is 17.5. The van der Waals surface area contributed by atoms with Gasteiger partial charge in [0.05, 0.1) is 6.54 Å². The summed E-state index contributed by atoms with van der Waals surface area (Å²) in [6.45, 7) is 1.71. The maximum Gasteiger partial charge on any atom is 0.231 e. The lowest BCUT2D eigenvalue weighted by molar-refractivity contribution is 0.174. The maximum absolute atomic E-state index is 5.62. The molecule has 1 aromatic heterocycles. The molecule has 2 aromatic rings. The third-order valence-corrected chi connectivity index (χ3v) is 5.83. The van der Waals surface area contributed by atoms with Crippen LogP contribution in [0.25, 0.3) is 0 Å². The third-order valence-electron chi connectivity index (χ3n) is 5.83. The molecule has 0 unspecified atom stereocenters. The van der Waals surface area contributed by atoms with Crippen molar-refractivity contribution in [3.05, 3.63) is 35.9 Å². The lowest BCUT2D eigenvalue weighted by atomic mass is 9.69. The number of benzene rings is 1. The van der Waals surface area contributed by atoms with Gasteiger partial charge in [0.1, 0.15) is 12.2 Å². The van der Waals surface area contributed by atoms with Gasteiger partial charge in [0, 0.05) is 26.1 Å². The van der Waals surface area contributed by atoms with Gasteiger partial charge in [-0.05, 0) is 30.5 Å². The van der Waals surface area contributed by atoms with E-state index in [1.807, 2.05) is 13.1 Å². The Morgan fingerprint density at radius 1 is 1.17 bits per heavy atom. The molecule has 4 rings (SSSR count). The number of hydrogen-bond acceptors (Lipinski definition) is 5. The zero-order chi connectivity index (χ0) is 19.4. The van der Waals surface area contributed by atoms with Crippen LogP contribution in [-0.2, 0) is 19.0 Å². The standard InChI is InChI=1S/C20H28N6O2.HI/c1-21-19(22-11-18-24-13-25-26(18)2)23-12-20(8-4-3-5-9-20)15-6-7-16-17(10-15)28-14-27-16;/h6-7,10,13H,3-5,8-9,11-12,14H2,1-2H3,(H2,21,22,23);1H. The summed E-state index contributed by atoms with van der Waals surface area (Å²) in [6, 6.07) is 6.39. The molecule has 1 fully saturated rings. The van der Waals surface area contributed by atoms with Crippen LogP contribution in [0.15, 0.2) is 29.5 Å². The van der Waals surface area contributed by atoms with Crippen molar-refractivity contribution in [2.24, 2.45) is 12.0 Å². The van der Waals surface area contributed by atoms with Crippen LogP contribution in [0.5, 0.6) is 11.5 Å². The molecule has 1 aliphatic heterocycles. The Hall–Kier alpha value is -2.04. The molecule has 0 amide bonds. The number of aromatic nitrogens is 3.